The van der Waals surface area contributed by atoms with Gasteiger partial charge >= 0.3 is 5.97 Å². The Bertz CT molecular complexity index is 992. The maximum atomic E-state index is 13.1. The Morgan fingerprint density at radius 2 is 1.93 bits per heavy atom. The number of carboxylic acid groups (broad SMARTS) is 1. The molecule has 0 spiro atoms. The number of carbonyl (C=O) groups excluding carboxylic acids is 1. The monoisotopic (exact) mass is 400 g/mol. The Morgan fingerprint density at radius 3 is 2.55 bits per heavy atom. The molecule has 0 fully saturated rings. The molecule has 8 nitrogen and oxygen atoms in total. The van der Waals surface area contributed by atoms with Crippen molar-refractivity contribution in [1.82, 2.24) is 9.88 Å². The lowest BCUT2D eigenvalue weighted by Gasteiger charge is -2.24. The normalized spacial score (nSPS) is 13.2. The van der Waals surface area contributed by atoms with Crippen molar-refractivity contribution in [3.05, 3.63) is 62.6 Å². The first-order chi connectivity index (χ1) is 13.8. The van der Waals surface area contributed by atoms with E-state index in [0.717, 1.165) is 5.56 Å². The van der Waals surface area contributed by atoms with Crippen LogP contribution in [0, 0.1) is 0 Å². The van der Waals surface area contributed by atoms with Crippen molar-refractivity contribution >= 4 is 11.9 Å². The molecule has 29 heavy (non-hydrogen) atoms. The van der Waals surface area contributed by atoms with E-state index in [1.807, 2.05) is 24.3 Å². The smallest absolute Gasteiger partial charge is 0.322 e. The predicted octanol–water partition coefficient (Wildman–Crippen LogP) is 1.61. The van der Waals surface area contributed by atoms with Gasteiger partial charge in [-0.15, -0.1) is 0 Å². The number of aromatic nitrogens is 1. The first kappa shape index (κ1) is 20.6. The maximum absolute atomic E-state index is 13.1. The summed E-state index contributed by atoms with van der Waals surface area (Å²) in [6, 6.07) is 7.84. The SMILES string of the molecule is CC(C)c1ccc(Cn2c3c(c(O)c(C(=O)NCC(=O)O)c2=O)CCOC3)cc1. The van der Waals surface area contributed by atoms with E-state index < -0.39 is 35.3 Å². The lowest BCUT2D eigenvalue weighted by Crippen LogP contribution is -2.38. The quantitative estimate of drug-likeness (QED) is 0.678. The standard InChI is InChI=1S/C21H24N2O6/c1-12(2)14-5-3-13(4-6-14)10-23-16-11-29-8-7-15(16)19(26)18(21(23)28)20(27)22-9-17(24)25/h3-6,12,26H,7-11H2,1-2H3,(H,22,27)(H,24,25). The molecule has 0 aliphatic carbocycles. The van der Waals surface area contributed by atoms with Gasteiger partial charge in [0.05, 0.1) is 25.5 Å². The van der Waals surface area contributed by atoms with E-state index in [0.29, 0.717) is 30.2 Å². The first-order valence-electron chi connectivity index (χ1n) is 9.43. The van der Waals surface area contributed by atoms with Crippen LogP contribution in [0.25, 0.3) is 0 Å². The second-order valence-corrected chi connectivity index (χ2v) is 7.32. The van der Waals surface area contributed by atoms with Gasteiger partial charge in [0.15, 0.2) is 0 Å². The minimum absolute atomic E-state index is 0.152. The average Bonchev–Trinajstić information content (AvgIpc) is 2.70. The van der Waals surface area contributed by atoms with Crippen molar-refractivity contribution in [2.24, 2.45) is 0 Å². The summed E-state index contributed by atoms with van der Waals surface area (Å²) >= 11 is 0. The van der Waals surface area contributed by atoms with Crippen LogP contribution in [0.4, 0.5) is 0 Å². The number of ether oxygens (including phenoxy) is 1. The van der Waals surface area contributed by atoms with Crippen LogP contribution in [0.15, 0.2) is 29.1 Å². The van der Waals surface area contributed by atoms with Gasteiger partial charge in [-0.25, -0.2) is 0 Å². The molecule has 1 aromatic heterocycles. The van der Waals surface area contributed by atoms with E-state index in [2.05, 4.69) is 19.2 Å². The van der Waals surface area contributed by atoms with Crippen LogP contribution in [0.3, 0.4) is 0 Å². The van der Waals surface area contributed by atoms with E-state index in [1.54, 1.807) is 0 Å². The number of hydrogen-bond donors (Lipinski definition) is 3. The number of nitrogens with one attached hydrogen (secondary N) is 1. The Kier molecular flexibility index (Phi) is 6.03. The number of rotatable bonds is 6. The molecule has 1 amide bonds. The first-order valence-corrected chi connectivity index (χ1v) is 9.43. The summed E-state index contributed by atoms with van der Waals surface area (Å²) < 4.78 is 6.89. The molecule has 3 N–H and O–H groups in total. The van der Waals surface area contributed by atoms with Gasteiger partial charge in [0, 0.05) is 12.0 Å². The highest BCUT2D eigenvalue weighted by Crippen LogP contribution is 2.28. The second-order valence-electron chi connectivity index (χ2n) is 7.32. The van der Waals surface area contributed by atoms with E-state index in [-0.39, 0.29) is 13.2 Å². The lowest BCUT2D eigenvalue weighted by atomic mass is 10.0. The summed E-state index contributed by atoms with van der Waals surface area (Å²) in [5.41, 5.74) is 1.93. The molecule has 154 valence electrons. The molecule has 0 radical (unpaired) electrons. The van der Waals surface area contributed by atoms with Crippen molar-refractivity contribution < 1.29 is 24.5 Å². The highest BCUT2D eigenvalue weighted by molar-refractivity contribution is 5.98. The molecule has 0 bridgehead atoms. The van der Waals surface area contributed by atoms with Gasteiger partial charge in [-0.05, 0) is 17.0 Å². The third kappa shape index (κ3) is 4.32. The number of nitrogens with zero attached hydrogens (tertiary/aromatic N) is 1. The van der Waals surface area contributed by atoms with Crippen LogP contribution in [0.2, 0.25) is 0 Å². The number of amides is 1. The Labute approximate surface area is 167 Å². The average molecular weight is 400 g/mol. The molecular formula is C21H24N2O6. The largest absolute Gasteiger partial charge is 0.507 e. The molecular weight excluding hydrogens is 376 g/mol. The Hall–Kier alpha value is -3.13. The van der Waals surface area contributed by atoms with Gasteiger partial charge in [-0.3, -0.25) is 14.4 Å². The third-order valence-corrected chi connectivity index (χ3v) is 5.01. The van der Waals surface area contributed by atoms with Crippen molar-refractivity contribution in [2.45, 2.75) is 39.3 Å². The zero-order valence-electron chi connectivity index (χ0n) is 16.4. The van der Waals surface area contributed by atoms with Gasteiger partial charge in [0.1, 0.15) is 17.9 Å². The summed E-state index contributed by atoms with van der Waals surface area (Å²) in [5, 5.41) is 21.5. The van der Waals surface area contributed by atoms with Crippen molar-refractivity contribution in [1.29, 1.82) is 0 Å². The zero-order chi connectivity index (χ0) is 21.1. The van der Waals surface area contributed by atoms with Crippen LogP contribution < -0.4 is 10.9 Å². The molecule has 0 atom stereocenters. The summed E-state index contributed by atoms with van der Waals surface area (Å²) in [6.07, 6.45) is 0.354. The molecule has 1 aliphatic rings. The number of pyridine rings is 1. The van der Waals surface area contributed by atoms with Crippen molar-refractivity contribution in [2.75, 3.05) is 13.2 Å². The van der Waals surface area contributed by atoms with Gasteiger partial charge in [0.2, 0.25) is 0 Å². The molecule has 0 saturated heterocycles. The van der Waals surface area contributed by atoms with Crippen LogP contribution >= 0.6 is 0 Å². The molecule has 2 heterocycles. The zero-order valence-corrected chi connectivity index (χ0v) is 16.4. The topological polar surface area (TPSA) is 118 Å². The predicted molar refractivity (Wildman–Crippen MR) is 105 cm³/mol. The lowest BCUT2D eigenvalue weighted by molar-refractivity contribution is -0.135. The van der Waals surface area contributed by atoms with Gasteiger partial charge in [0.25, 0.3) is 11.5 Å². The number of aliphatic carboxylic acids is 1. The van der Waals surface area contributed by atoms with E-state index in [1.165, 1.54) is 10.1 Å². The maximum Gasteiger partial charge on any atom is 0.322 e. The Morgan fingerprint density at radius 1 is 1.24 bits per heavy atom. The van der Waals surface area contributed by atoms with Gasteiger partial charge in [-0.2, -0.15) is 0 Å². The number of carboxylic acids is 1. The fourth-order valence-corrected chi connectivity index (χ4v) is 3.39. The molecule has 1 aromatic carbocycles. The summed E-state index contributed by atoms with van der Waals surface area (Å²) in [6.45, 7) is 4.26. The molecule has 3 rings (SSSR count). The molecule has 1 aliphatic heterocycles. The number of aromatic hydroxyl groups is 1. The van der Waals surface area contributed by atoms with Crippen LogP contribution in [0.1, 0.15) is 52.5 Å². The molecule has 8 heteroatoms. The minimum Gasteiger partial charge on any atom is -0.507 e. The number of hydrogen-bond acceptors (Lipinski definition) is 5. The van der Waals surface area contributed by atoms with Crippen molar-refractivity contribution in [3.63, 3.8) is 0 Å². The van der Waals surface area contributed by atoms with E-state index in [4.69, 9.17) is 9.84 Å². The number of fused-ring (bicyclic) bond motifs is 1. The second kappa shape index (κ2) is 8.48. The van der Waals surface area contributed by atoms with Crippen LogP contribution in [-0.4, -0.2) is 39.8 Å². The van der Waals surface area contributed by atoms with Crippen LogP contribution in [-0.2, 0) is 29.1 Å². The fourth-order valence-electron chi connectivity index (χ4n) is 3.39. The van der Waals surface area contributed by atoms with E-state index in [9.17, 15) is 19.5 Å². The van der Waals surface area contributed by atoms with Gasteiger partial charge < -0.3 is 24.8 Å². The highest BCUT2D eigenvalue weighted by atomic mass is 16.5. The van der Waals surface area contributed by atoms with E-state index >= 15 is 0 Å². The summed E-state index contributed by atoms with van der Waals surface area (Å²) in [7, 11) is 0. The highest BCUT2D eigenvalue weighted by Gasteiger charge is 2.27. The Balaban J connectivity index is 2.05. The molecule has 0 unspecified atom stereocenters. The fraction of sp³-hybridized carbons (Fsp3) is 0.381. The molecule has 2 aromatic rings. The summed E-state index contributed by atoms with van der Waals surface area (Å²) in [5.74, 6) is -2.17. The summed E-state index contributed by atoms with van der Waals surface area (Å²) in [4.78, 5) is 36.2. The number of benzene rings is 1. The number of carbonyl (C=O) groups is 2. The van der Waals surface area contributed by atoms with Crippen LogP contribution in [0.5, 0.6) is 5.75 Å². The molecule has 0 saturated carbocycles. The minimum atomic E-state index is -1.24. The van der Waals surface area contributed by atoms with Gasteiger partial charge in [-0.1, -0.05) is 38.1 Å². The van der Waals surface area contributed by atoms with Crippen molar-refractivity contribution in [3.8, 4) is 5.75 Å². The third-order valence-electron chi connectivity index (χ3n) is 5.01.